The van der Waals surface area contributed by atoms with E-state index in [1.54, 1.807) is 12.3 Å². The van der Waals surface area contributed by atoms with E-state index >= 15 is 0 Å². The van der Waals surface area contributed by atoms with E-state index < -0.39 is 0 Å². The SMILES string of the molecule is C=C/C=C(/C)C(=C)C(C)=N/C=C\C. The fourth-order valence-corrected chi connectivity index (χ4v) is 0.827. The van der Waals surface area contributed by atoms with Crippen LogP contribution in [-0.2, 0) is 0 Å². The molecule has 13 heavy (non-hydrogen) atoms. The third-order valence-electron chi connectivity index (χ3n) is 1.70. The van der Waals surface area contributed by atoms with Crippen molar-refractivity contribution in [2.45, 2.75) is 20.8 Å². The molecule has 1 nitrogen and oxygen atoms in total. The number of nitrogens with zero attached hydrogens (tertiary/aromatic N) is 1. The van der Waals surface area contributed by atoms with Gasteiger partial charge >= 0.3 is 0 Å². The Morgan fingerprint density at radius 1 is 1.31 bits per heavy atom. The summed E-state index contributed by atoms with van der Waals surface area (Å²) in [6.07, 6.45) is 7.34. The average molecular weight is 175 g/mol. The molecule has 0 saturated heterocycles. The summed E-state index contributed by atoms with van der Waals surface area (Å²) in [5, 5.41) is 0. The van der Waals surface area contributed by atoms with Crippen LogP contribution in [-0.4, -0.2) is 5.71 Å². The highest BCUT2D eigenvalue weighted by atomic mass is 14.7. The smallest absolute Gasteiger partial charge is 0.0441 e. The number of allylic oxidation sites excluding steroid dienone is 5. The Bertz CT molecular complexity index is 277. The summed E-state index contributed by atoms with van der Waals surface area (Å²) < 4.78 is 0. The molecule has 0 amide bonds. The van der Waals surface area contributed by atoms with E-state index in [0.29, 0.717) is 0 Å². The molecular formula is C12H17N. The number of hydrogen-bond acceptors (Lipinski definition) is 1. The van der Waals surface area contributed by atoms with Crippen LogP contribution in [0.1, 0.15) is 20.8 Å². The van der Waals surface area contributed by atoms with Crippen LogP contribution in [0.25, 0.3) is 0 Å². The Morgan fingerprint density at radius 2 is 1.92 bits per heavy atom. The molecule has 0 radical (unpaired) electrons. The lowest BCUT2D eigenvalue weighted by molar-refractivity contribution is 1.42. The first-order valence-electron chi connectivity index (χ1n) is 4.28. The highest BCUT2D eigenvalue weighted by Gasteiger charge is 1.98. The van der Waals surface area contributed by atoms with Gasteiger partial charge in [0.05, 0.1) is 0 Å². The van der Waals surface area contributed by atoms with E-state index in [-0.39, 0.29) is 0 Å². The molecule has 1 heteroatoms. The first-order valence-corrected chi connectivity index (χ1v) is 4.28. The molecule has 0 aliphatic carbocycles. The first-order chi connectivity index (χ1) is 6.13. The van der Waals surface area contributed by atoms with E-state index in [9.17, 15) is 0 Å². The summed E-state index contributed by atoms with van der Waals surface area (Å²) in [6, 6.07) is 0. The second-order valence-electron chi connectivity index (χ2n) is 2.76. The summed E-state index contributed by atoms with van der Waals surface area (Å²) in [5.74, 6) is 0. The molecule has 0 N–H and O–H groups in total. The zero-order valence-electron chi connectivity index (χ0n) is 8.67. The van der Waals surface area contributed by atoms with Gasteiger partial charge in [0, 0.05) is 11.9 Å². The number of aliphatic imine (C=N–C) groups is 1. The minimum Gasteiger partial charge on any atom is -0.261 e. The van der Waals surface area contributed by atoms with Crippen LogP contribution in [0, 0.1) is 0 Å². The fraction of sp³-hybridized carbons (Fsp3) is 0.250. The Kier molecular flexibility index (Phi) is 5.53. The lowest BCUT2D eigenvalue weighted by Gasteiger charge is -2.03. The third kappa shape index (κ3) is 4.26. The van der Waals surface area contributed by atoms with Crippen LogP contribution in [0.15, 0.2) is 53.7 Å². The van der Waals surface area contributed by atoms with Crippen LogP contribution in [0.5, 0.6) is 0 Å². The maximum Gasteiger partial charge on any atom is 0.0441 e. The van der Waals surface area contributed by atoms with Gasteiger partial charge in [-0.05, 0) is 31.9 Å². The molecule has 0 aliphatic heterocycles. The summed E-state index contributed by atoms with van der Waals surface area (Å²) in [5.41, 5.74) is 2.99. The van der Waals surface area contributed by atoms with Gasteiger partial charge in [-0.15, -0.1) is 0 Å². The van der Waals surface area contributed by atoms with Crippen molar-refractivity contribution in [3.05, 3.63) is 48.7 Å². The van der Waals surface area contributed by atoms with Crippen molar-refractivity contribution in [1.29, 1.82) is 0 Å². The fourth-order valence-electron chi connectivity index (χ4n) is 0.827. The molecule has 0 saturated carbocycles. The van der Waals surface area contributed by atoms with Crippen molar-refractivity contribution in [2.24, 2.45) is 4.99 Å². The Morgan fingerprint density at radius 3 is 2.38 bits per heavy atom. The van der Waals surface area contributed by atoms with Gasteiger partial charge in [0.1, 0.15) is 0 Å². The summed E-state index contributed by atoms with van der Waals surface area (Å²) >= 11 is 0. The van der Waals surface area contributed by atoms with Gasteiger partial charge < -0.3 is 0 Å². The summed E-state index contributed by atoms with van der Waals surface area (Å²) in [4.78, 5) is 4.21. The molecular weight excluding hydrogens is 158 g/mol. The Hall–Kier alpha value is -1.37. The molecule has 0 aliphatic rings. The Labute approximate surface area is 80.9 Å². The molecule has 0 aromatic heterocycles. The molecule has 70 valence electrons. The largest absolute Gasteiger partial charge is 0.261 e. The predicted molar refractivity (Wildman–Crippen MR) is 61.0 cm³/mol. The van der Waals surface area contributed by atoms with Gasteiger partial charge in [0.15, 0.2) is 0 Å². The van der Waals surface area contributed by atoms with E-state index in [1.807, 2.05) is 32.9 Å². The van der Waals surface area contributed by atoms with Gasteiger partial charge in [0.25, 0.3) is 0 Å². The number of rotatable bonds is 4. The van der Waals surface area contributed by atoms with Crippen LogP contribution in [0.2, 0.25) is 0 Å². The van der Waals surface area contributed by atoms with Gasteiger partial charge in [-0.2, -0.15) is 0 Å². The summed E-state index contributed by atoms with van der Waals surface area (Å²) in [7, 11) is 0. The second kappa shape index (κ2) is 6.18. The van der Waals surface area contributed by atoms with Gasteiger partial charge in [-0.25, -0.2) is 0 Å². The highest BCUT2D eigenvalue weighted by Crippen LogP contribution is 2.09. The van der Waals surface area contributed by atoms with Gasteiger partial charge in [-0.1, -0.05) is 31.4 Å². The topological polar surface area (TPSA) is 12.4 Å². The minimum absolute atomic E-state index is 0.939. The van der Waals surface area contributed by atoms with Crippen molar-refractivity contribution in [2.75, 3.05) is 0 Å². The van der Waals surface area contributed by atoms with Crippen LogP contribution >= 0.6 is 0 Å². The van der Waals surface area contributed by atoms with Gasteiger partial charge in [-0.3, -0.25) is 4.99 Å². The molecule has 0 spiro atoms. The van der Waals surface area contributed by atoms with Gasteiger partial charge in [0.2, 0.25) is 0 Å². The molecule has 0 fully saturated rings. The van der Waals surface area contributed by atoms with E-state index in [1.165, 1.54) is 0 Å². The molecule has 0 rings (SSSR count). The summed E-state index contributed by atoms with van der Waals surface area (Å²) in [6.45, 7) is 13.5. The molecule has 0 atom stereocenters. The highest BCUT2D eigenvalue weighted by molar-refractivity contribution is 6.01. The number of hydrogen-bond donors (Lipinski definition) is 0. The van der Waals surface area contributed by atoms with Crippen LogP contribution < -0.4 is 0 Å². The van der Waals surface area contributed by atoms with Crippen LogP contribution in [0.3, 0.4) is 0 Å². The second-order valence-corrected chi connectivity index (χ2v) is 2.76. The first kappa shape index (κ1) is 11.6. The maximum atomic E-state index is 4.21. The molecule has 0 bridgehead atoms. The van der Waals surface area contributed by atoms with E-state index in [4.69, 9.17) is 0 Å². The van der Waals surface area contributed by atoms with Crippen LogP contribution in [0.4, 0.5) is 0 Å². The van der Waals surface area contributed by atoms with Crippen molar-refractivity contribution in [3.8, 4) is 0 Å². The normalized spacial score (nSPS) is 13.5. The molecule has 0 heterocycles. The quantitative estimate of drug-likeness (QED) is 0.456. The van der Waals surface area contributed by atoms with Crippen molar-refractivity contribution in [3.63, 3.8) is 0 Å². The third-order valence-corrected chi connectivity index (χ3v) is 1.70. The lowest BCUT2D eigenvalue weighted by atomic mass is 10.1. The zero-order chi connectivity index (χ0) is 10.3. The van der Waals surface area contributed by atoms with Crippen molar-refractivity contribution >= 4 is 5.71 Å². The van der Waals surface area contributed by atoms with E-state index in [0.717, 1.165) is 16.9 Å². The van der Waals surface area contributed by atoms with E-state index in [2.05, 4.69) is 18.2 Å². The van der Waals surface area contributed by atoms with Crippen molar-refractivity contribution < 1.29 is 0 Å². The van der Waals surface area contributed by atoms with Crippen molar-refractivity contribution in [1.82, 2.24) is 0 Å². The standard InChI is InChI=1S/C12H17N/c1-6-8-10(3)11(4)12(5)13-9-7-2/h6-9H,1,4H2,2-3,5H3/b9-7-,10-8-,13-12?. The Balaban J connectivity index is 4.60. The molecule has 0 aromatic rings. The monoisotopic (exact) mass is 175 g/mol. The average Bonchev–Trinajstić information content (AvgIpc) is 2.13. The molecule has 0 unspecified atom stereocenters. The lowest BCUT2D eigenvalue weighted by Crippen LogP contribution is -1.96. The minimum atomic E-state index is 0.939. The maximum absolute atomic E-state index is 4.21. The molecule has 0 aromatic carbocycles. The predicted octanol–water partition coefficient (Wildman–Crippen LogP) is 3.67. The zero-order valence-corrected chi connectivity index (χ0v) is 8.67.